The van der Waals surface area contributed by atoms with Crippen molar-refractivity contribution in [3.05, 3.63) is 63.2 Å². The third kappa shape index (κ3) is 36.4. The smallest absolute Gasteiger partial charge is 0.326 e. The van der Waals surface area contributed by atoms with Gasteiger partial charge in [0.15, 0.2) is 0 Å². The molecule has 0 bridgehead atoms. The van der Waals surface area contributed by atoms with Crippen LogP contribution < -0.4 is 37.2 Å². The molecular weight excluding hydrogens is 1440 g/mol. The van der Waals surface area contributed by atoms with Gasteiger partial charge in [0.1, 0.15) is 42.0 Å². The number of esters is 3. The zero-order valence-corrected chi connectivity index (χ0v) is 59.5. The third-order valence-corrected chi connectivity index (χ3v) is 17.4. The maximum absolute atomic E-state index is 14.6. The van der Waals surface area contributed by atoms with Crippen LogP contribution in [0.1, 0.15) is 114 Å². The van der Waals surface area contributed by atoms with Gasteiger partial charge in [0.05, 0.1) is 44.5 Å². The van der Waals surface area contributed by atoms with Crippen LogP contribution in [-0.4, -0.2) is 276 Å². The van der Waals surface area contributed by atoms with Gasteiger partial charge in [-0.15, -0.1) is 0 Å². The van der Waals surface area contributed by atoms with Crippen LogP contribution in [0.3, 0.4) is 0 Å². The van der Waals surface area contributed by atoms with Gasteiger partial charge in [-0.3, -0.25) is 67.5 Å². The summed E-state index contributed by atoms with van der Waals surface area (Å²) in [5, 5.41) is 76.7. The fourth-order valence-corrected chi connectivity index (χ4v) is 11.3. The minimum atomic E-state index is -1.54. The molecule has 0 radical (unpaired) electrons. The number of halogens is 1. The molecule has 562 valence electrons. The number of unbranched alkanes of at least 4 members (excludes halogenated alkanes) is 5. The number of phenolic OH excluding ortho intramolecular Hbond substituents is 1. The van der Waals surface area contributed by atoms with E-state index in [1.165, 1.54) is 33.5 Å². The van der Waals surface area contributed by atoms with E-state index in [1.807, 2.05) is 27.5 Å². The van der Waals surface area contributed by atoms with Gasteiger partial charge in [-0.25, -0.2) is 19.2 Å². The molecule has 13 N–H and O–H groups in total. The summed E-state index contributed by atoms with van der Waals surface area (Å²) in [6, 6.07) is 3.54. The number of phenols is 1. The molecule has 0 saturated carbocycles. The number of urea groups is 1. The first kappa shape index (κ1) is 86.4. The van der Waals surface area contributed by atoms with Crippen LogP contribution in [0.4, 0.5) is 4.79 Å². The highest BCUT2D eigenvalue weighted by atomic mass is 127. The van der Waals surface area contributed by atoms with Crippen LogP contribution in [0.5, 0.6) is 5.75 Å². The first-order valence-electron chi connectivity index (χ1n) is 33.4. The van der Waals surface area contributed by atoms with Crippen molar-refractivity contribution in [1.82, 2.24) is 56.8 Å². The standard InChI is InChI=1S/C66H98IN11O23/c1-99-57(85)40-75-29-31-76(41-58(86)100-2)33-35-78(36-34-77(32-30-75)42-59(87)101-3)51(65(96)97)23-25-55(82)70-49(39-44-21-24-52(79)45(67)37-44)60(88)72-50(38-43-15-7-6-8-16-43)61(89)71-46(62(90)91)17-11-13-27-68-53(80)19-9-4-5-10-20-54(81)69-28-14-12-18-47(63(92)93)73-66(98)74-48(64(94)95)22-26-56(83)84/h6-8,15-16,21,24,37,46-51,79H,4-5,9-14,17-20,22-23,25-36,38-42H2,1-3H3,(H,68,80)(H,69,81)(H,70,82)(H,71,89)(H,72,88)(H,83,84)(H,90,91)(H,92,93)(H,94,95)(H,96,97)(H2,73,74,98)/t46-,47?,48+,49-,50?,51-/m1/s1. The second-order valence-electron chi connectivity index (χ2n) is 24.2. The van der Waals surface area contributed by atoms with Gasteiger partial charge in [-0.2, -0.15) is 0 Å². The number of hydrogen-bond acceptors (Lipinski definition) is 22. The lowest BCUT2D eigenvalue weighted by atomic mass is 10.0. The van der Waals surface area contributed by atoms with Gasteiger partial charge in [0.25, 0.3) is 0 Å². The SMILES string of the molecule is COC(=O)CN1CCN(CC(=O)OC)CCN([C@H](CCC(=O)N[C@H](Cc2ccc(O)c(I)c2)C(=O)NC(Cc2ccccc2)C(=O)N[C@H](CCCCNC(=O)CCCCCCC(=O)NCCCCC(NC(=O)N[C@@H](CCC(=O)O)C(=O)O)C(=O)O)C(=O)O)C(=O)O)CCN(CC(=O)OC)CC1. The van der Waals surface area contributed by atoms with Crippen molar-refractivity contribution in [3.8, 4) is 5.75 Å². The lowest BCUT2D eigenvalue weighted by Gasteiger charge is -2.35. The predicted octanol–water partition coefficient (Wildman–Crippen LogP) is 0.279. The van der Waals surface area contributed by atoms with Crippen molar-refractivity contribution < 1.29 is 112 Å². The third-order valence-electron chi connectivity index (χ3n) is 16.5. The molecular formula is C66H98IN11O23. The Kier molecular flexibility index (Phi) is 41.1. The highest BCUT2D eigenvalue weighted by Gasteiger charge is 2.33. The summed E-state index contributed by atoms with van der Waals surface area (Å²) in [6.07, 6.45) is 2.00. The maximum atomic E-state index is 14.6. The van der Waals surface area contributed by atoms with Crippen molar-refractivity contribution in [2.75, 3.05) is 106 Å². The molecule has 0 aliphatic carbocycles. The Balaban J connectivity index is 1.60. The zero-order chi connectivity index (χ0) is 74.8. The van der Waals surface area contributed by atoms with Crippen molar-refractivity contribution in [2.24, 2.45) is 0 Å². The molecule has 1 aliphatic heterocycles. The summed E-state index contributed by atoms with van der Waals surface area (Å²) >= 11 is 1.89. The van der Waals surface area contributed by atoms with E-state index in [0.29, 0.717) is 53.2 Å². The van der Waals surface area contributed by atoms with Crippen molar-refractivity contribution in [3.63, 3.8) is 0 Å². The van der Waals surface area contributed by atoms with Gasteiger partial charge in [0, 0.05) is 104 Å². The monoisotopic (exact) mass is 1540 g/mol. The number of carbonyl (C=O) groups excluding carboxylic acids is 9. The van der Waals surface area contributed by atoms with Crippen LogP contribution in [-0.2, 0) is 89.4 Å². The molecule has 7 amide bonds. The molecule has 3 rings (SSSR count). The summed E-state index contributed by atoms with van der Waals surface area (Å²) in [5.74, 6) is -11.4. The highest BCUT2D eigenvalue weighted by molar-refractivity contribution is 14.1. The summed E-state index contributed by atoms with van der Waals surface area (Å²) in [5.41, 5.74) is 1.07. The van der Waals surface area contributed by atoms with Gasteiger partial charge in [-0.1, -0.05) is 49.2 Å². The van der Waals surface area contributed by atoms with Gasteiger partial charge in [0.2, 0.25) is 29.5 Å². The first-order chi connectivity index (χ1) is 48.1. The molecule has 1 heterocycles. The second kappa shape index (κ2) is 48.1. The Bertz CT molecular complexity index is 3030. The first-order valence-corrected chi connectivity index (χ1v) is 34.5. The highest BCUT2D eigenvalue weighted by Crippen LogP contribution is 2.22. The number of amides is 7. The van der Waals surface area contributed by atoms with Crippen LogP contribution in [0.25, 0.3) is 0 Å². The number of carboxylic acid groups (broad SMARTS) is 5. The summed E-state index contributed by atoms with van der Waals surface area (Å²) in [7, 11) is 3.72. The Labute approximate surface area is 599 Å². The minimum absolute atomic E-state index is 0.0279. The van der Waals surface area contributed by atoms with Crippen molar-refractivity contribution in [1.29, 1.82) is 0 Å². The molecule has 34 nitrogen and oxygen atoms in total. The molecule has 0 aromatic heterocycles. The number of nitrogens with one attached hydrogen (secondary N) is 7. The van der Waals surface area contributed by atoms with Gasteiger partial charge >= 0.3 is 53.8 Å². The zero-order valence-electron chi connectivity index (χ0n) is 57.3. The van der Waals surface area contributed by atoms with Gasteiger partial charge < -0.3 is 82.1 Å². The number of aromatic hydroxyl groups is 1. The minimum Gasteiger partial charge on any atom is -0.507 e. The summed E-state index contributed by atoms with van der Waals surface area (Å²) < 4.78 is 15.2. The molecule has 2 aromatic carbocycles. The Morgan fingerprint density at radius 2 is 0.861 bits per heavy atom. The average molecular weight is 1540 g/mol. The van der Waals surface area contributed by atoms with E-state index >= 15 is 0 Å². The number of nitrogens with zero attached hydrogens (tertiary/aromatic N) is 4. The van der Waals surface area contributed by atoms with E-state index in [1.54, 1.807) is 51.1 Å². The predicted molar refractivity (Wildman–Crippen MR) is 369 cm³/mol. The molecule has 0 spiro atoms. The summed E-state index contributed by atoms with van der Waals surface area (Å²) in [6.45, 7) is 1.47. The number of carbonyl (C=O) groups is 14. The van der Waals surface area contributed by atoms with Crippen LogP contribution in [0, 0.1) is 3.57 Å². The molecule has 1 aliphatic rings. The van der Waals surface area contributed by atoms with E-state index in [9.17, 15) is 92.7 Å². The van der Waals surface area contributed by atoms with Crippen LogP contribution >= 0.6 is 22.6 Å². The molecule has 2 unspecified atom stereocenters. The lowest BCUT2D eigenvalue weighted by Crippen LogP contribution is -2.57. The van der Waals surface area contributed by atoms with Crippen LogP contribution in [0.2, 0.25) is 0 Å². The van der Waals surface area contributed by atoms with Crippen molar-refractivity contribution >= 4 is 106 Å². The molecule has 2 aromatic rings. The van der Waals surface area contributed by atoms with Gasteiger partial charge in [-0.05, 0) is 110 Å². The maximum Gasteiger partial charge on any atom is 0.326 e. The summed E-state index contributed by atoms with van der Waals surface area (Å²) in [4.78, 5) is 184. The molecule has 6 atom stereocenters. The molecule has 1 fully saturated rings. The van der Waals surface area contributed by atoms with E-state index < -0.39 is 127 Å². The number of ether oxygens (including phenoxy) is 3. The Morgan fingerprint density at radius 3 is 1.30 bits per heavy atom. The Hall–Kier alpha value is -8.81. The number of carboxylic acids is 5. The normalized spacial score (nSPS) is 15.1. The molecule has 35 heteroatoms. The number of aliphatic carboxylic acids is 5. The average Bonchev–Trinajstić information content (AvgIpc) is 0.855. The largest absolute Gasteiger partial charge is 0.507 e. The molecule has 1 saturated heterocycles. The van der Waals surface area contributed by atoms with E-state index in [-0.39, 0.29) is 160 Å². The number of benzene rings is 2. The second-order valence-corrected chi connectivity index (χ2v) is 25.3. The van der Waals surface area contributed by atoms with E-state index in [2.05, 4.69) is 37.2 Å². The van der Waals surface area contributed by atoms with Crippen LogP contribution in [0.15, 0.2) is 48.5 Å². The number of rotatable bonds is 45. The topological polar surface area (TPSA) is 485 Å². The fourth-order valence-electron chi connectivity index (χ4n) is 10.7. The van der Waals surface area contributed by atoms with E-state index in [0.717, 1.165) is 0 Å². The fraction of sp³-hybridized carbons (Fsp3) is 0.606. The lowest BCUT2D eigenvalue weighted by molar-refractivity contribution is -0.146. The van der Waals surface area contributed by atoms with E-state index in [4.69, 9.17) is 19.3 Å². The number of hydrogen-bond donors (Lipinski definition) is 13. The molecule has 101 heavy (non-hydrogen) atoms. The Morgan fingerprint density at radius 1 is 0.436 bits per heavy atom. The number of methoxy groups -OCH3 is 3. The van der Waals surface area contributed by atoms with Crippen molar-refractivity contribution in [2.45, 2.75) is 152 Å². The quantitative estimate of drug-likeness (QED) is 0.0183.